The lowest BCUT2D eigenvalue weighted by atomic mass is 10.1. The summed E-state index contributed by atoms with van der Waals surface area (Å²) in [6, 6.07) is 16.2. The molecule has 3 rings (SSSR count). The maximum absolute atomic E-state index is 12.7. The van der Waals surface area contributed by atoms with E-state index < -0.39 is 12.2 Å². The van der Waals surface area contributed by atoms with Crippen molar-refractivity contribution in [2.45, 2.75) is 12.5 Å². The minimum absolute atomic E-state index is 0.0617. The minimum Gasteiger partial charge on any atom is -0.508 e. The van der Waals surface area contributed by atoms with E-state index in [2.05, 4.69) is 4.90 Å². The quantitative estimate of drug-likeness (QED) is 0.843. The van der Waals surface area contributed by atoms with Crippen LogP contribution >= 0.6 is 0 Å². The van der Waals surface area contributed by atoms with E-state index in [0.29, 0.717) is 26.2 Å². The average Bonchev–Trinajstić information content (AvgIpc) is 2.68. The molecule has 0 unspecified atom stereocenters. The van der Waals surface area contributed by atoms with E-state index in [-0.39, 0.29) is 18.1 Å². The van der Waals surface area contributed by atoms with Gasteiger partial charge in [0.25, 0.3) is 0 Å². The predicted molar refractivity (Wildman–Crippen MR) is 101 cm³/mol. The number of nitrogens with two attached hydrogens (primary N) is 1. The first-order chi connectivity index (χ1) is 13.0. The number of rotatable bonds is 5. The van der Waals surface area contributed by atoms with Crippen molar-refractivity contribution in [1.82, 2.24) is 4.90 Å². The summed E-state index contributed by atoms with van der Waals surface area (Å²) in [5.74, 6) is 0.157. The van der Waals surface area contributed by atoms with Crippen molar-refractivity contribution < 1.29 is 19.4 Å². The first kappa shape index (κ1) is 18.6. The third kappa shape index (κ3) is 4.91. The number of phenols is 1. The second kappa shape index (κ2) is 8.44. The highest BCUT2D eigenvalue weighted by Gasteiger charge is 2.26. The van der Waals surface area contributed by atoms with Crippen molar-refractivity contribution in [3.8, 4) is 5.75 Å². The standard InChI is InChI=1S/C20H23N3O4/c21-20(26)27-18(15-4-2-1-3-5-15)14-19(25)23-12-10-22(11-13-23)16-6-8-17(24)9-7-16/h1-9,18,24H,10-14H2,(H2,21,26)/t18-/m0/s1. The number of primary amides is 1. The Morgan fingerprint density at radius 2 is 1.63 bits per heavy atom. The molecule has 1 aliphatic rings. The molecule has 1 aliphatic heterocycles. The van der Waals surface area contributed by atoms with Crippen molar-refractivity contribution in [1.29, 1.82) is 0 Å². The summed E-state index contributed by atoms with van der Waals surface area (Å²) in [6.45, 7) is 2.56. The highest BCUT2D eigenvalue weighted by Crippen LogP contribution is 2.24. The summed E-state index contributed by atoms with van der Waals surface area (Å²) < 4.78 is 5.16. The molecular formula is C20H23N3O4. The van der Waals surface area contributed by atoms with Gasteiger partial charge in [-0.1, -0.05) is 30.3 Å². The smallest absolute Gasteiger partial charge is 0.405 e. The van der Waals surface area contributed by atoms with Crippen molar-refractivity contribution in [2.24, 2.45) is 5.73 Å². The maximum Gasteiger partial charge on any atom is 0.405 e. The molecule has 0 aliphatic carbocycles. The van der Waals surface area contributed by atoms with Crippen LogP contribution in [0.25, 0.3) is 0 Å². The molecule has 0 spiro atoms. The molecule has 7 nitrogen and oxygen atoms in total. The number of nitrogens with zero attached hydrogens (tertiary/aromatic N) is 2. The van der Waals surface area contributed by atoms with E-state index in [1.54, 1.807) is 17.0 Å². The van der Waals surface area contributed by atoms with Gasteiger partial charge in [-0.3, -0.25) is 4.79 Å². The van der Waals surface area contributed by atoms with E-state index in [4.69, 9.17) is 10.5 Å². The number of piperazine rings is 1. The first-order valence-corrected chi connectivity index (χ1v) is 8.86. The Kier molecular flexibility index (Phi) is 5.80. The van der Waals surface area contributed by atoms with E-state index in [9.17, 15) is 14.7 Å². The van der Waals surface area contributed by atoms with Gasteiger partial charge in [-0.15, -0.1) is 0 Å². The monoisotopic (exact) mass is 369 g/mol. The average molecular weight is 369 g/mol. The number of phenolic OH excluding ortho intramolecular Hbond substituents is 1. The maximum atomic E-state index is 12.7. The SMILES string of the molecule is NC(=O)O[C@@H](CC(=O)N1CCN(c2ccc(O)cc2)CC1)c1ccccc1. The van der Waals surface area contributed by atoms with Crippen LogP contribution in [-0.4, -0.2) is 48.2 Å². The number of ether oxygens (including phenoxy) is 1. The summed E-state index contributed by atoms with van der Waals surface area (Å²) in [5, 5.41) is 9.39. The van der Waals surface area contributed by atoms with E-state index in [1.807, 2.05) is 42.5 Å². The second-order valence-electron chi connectivity index (χ2n) is 6.42. The van der Waals surface area contributed by atoms with Gasteiger partial charge in [0.05, 0.1) is 6.42 Å². The molecule has 3 N–H and O–H groups in total. The molecule has 2 aromatic rings. The van der Waals surface area contributed by atoms with Crippen LogP contribution in [0.15, 0.2) is 54.6 Å². The van der Waals surface area contributed by atoms with Crippen LogP contribution < -0.4 is 10.6 Å². The molecule has 0 saturated carbocycles. The van der Waals surface area contributed by atoms with E-state index in [1.165, 1.54) is 0 Å². The lowest BCUT2D eigenvalue weighted by Crippen LogP contribution is -2.49. The summed E-state index contributed by atoms with van der Waals surface area (Å²) in [7, 11) is 0. The minimum atomic E-state index is -0.895. The third-order valence-corrected chi connectivity index (χ3v) is 4.64. The molecule has 1 heterocycles. The fourth-order valence-corrected chi connectivity index (χ4v) is 3.20. The van der Waals surface area contributed by atoms with E-state index in [0.717, 1.165) is 11.3 Å². The Balaban J connectivity index is 1.59. The number of anilines is 1. The van der Waals surface area contributed by atoms with Gasteiger partial charge in [-0.05, 0) is 29.8 Å². The molecule has 1 atom stereocenters. The number of benzene rings is 2. The molecule has 2 aromatic carbocycles. The van der Waals surface area contributed by atoms with Crippen LogP contribution in [0.4, 0.5) is 10.5 Å². The third-order valence-electron chi connectivity index (χ3n) is 4.64. The molecule has 0 aromatic heterocycles. The van der Waals surface area contributed by atoms with Gasteiger partial charge in [-0.2, -0.15) is 0 Å². The van der Waals surface area contributed by atoms with Crippen LogP contribution in [-0.2, 0) is 9.53 Å². The number of hydrogen-bond acceptors (Lipinski definition) is 5. The van der Waals surface area contributed by atoms with Crippen LogP contribution in [0.5, 0.6) is 5.75 Å². The largest absolute Gasteiger partial charge is 0.508 e. The Morgan fingerprint density at radius 3 is 2.22 bits per heavy atom. The summed E-state index contributed by atoms with van der Waals surface area (Å²) in [6.07, 6.45) is -1.52. The van der Waals surface area contributed by atoms with Gasteiger partial charge in [-0.25, -0.2) is 4.79 Å². The fraction of sp³-hybridized carbons (Fsp3) is 0.300. The zero-order valence-corrected chi connectivity index (χ0v) is 15.0. The topological polar surface area (TPSA) is 96.1 Å². The van der Waals surface area contributed by atoms with Gasteiger partial charge in [0.2, 0.25) is 5.91 Å². The molecule has 7 heteroatoms. The number of hydrogen-bond donors (Lipinski definition) is 2. The summed E-state index contributed by atoms with van der Waals surface area (Å²) in [4.78, 5) is 27.8. The molecular weight excluding hydrogens is 346 g/mol. The molecule has 2 amide bonds. The Morgan fingerprint density at radius 1 is 1.00 bits per heavy atom. The zero-order valence-electron chi connectivity index (χ0n) is 15.0. The van der Waals surface area contributed by atoms with Crippen molar-refractivity contribution in [3.05, 3.63) is 60.2 Å². The van der Waals surface area contributed by atoms with Gasteiger partial charge in [0.15, 0.2) is 0 Å². The lowest BCUT2D eigenvalue weighted by Gasteiger charge is -2.36. The van der Waals surface area contributed by atoms with Crippen LogP contribution in [0.1, 0.15) is 18.1 Å². The van der Waals surface area contributed by atoms with Crippen LogP contribution in [0.2, 0.25) is 0 Å². The summed E-state index contributed by atoms with van der Waals surface area (Å²) >= 11 is 0. The van der Waals surface area contributed by atoms with Gasteiger partial charge in [0, 0.05) is 31.9 Å². The molecule has 1 saturated heterocycles. The van der Waals surface area contributed by atoms with Crippen molar-refractivity contribution in [2.75, 3.05) is 31.1 Å². The van der Waals surface area contributed by atoms with Crippen molar-refractivity contribution in [3.63, 3.8) is 0 Å². The molecule has 142 valence electrons. The molecule has 1 fully saturated rings. The Bertz CT molecular complexity index is 772. The number of amides is 2. The molecule has 0 radical (unpaired) electrons. The molecule has 0 bridgehead atoms. The van der Waals surface area contributed by atoms with Crippen LogP contribution in [0.3, 0.4) is 0 Å². The summed E-state index contributed by atoms with van der Waals surface area (Å²) in [5.41, 5.74) is 6.92. The fourth-order valence-electron chi connectivity index (χ4n) is 3.20. The Labute approximate surface area is 157 Å². The Hall–Kier alpha value is -3.22. The number of carbonyl (C=O) groups excluding carboxylic acids is 2. The normalized spacial score (nSPS) is 15.3. The van der Waals surface area contributed by atoms with Gasteiger partial charge >= 0.3 is 6.09 Å². The number of carbonyl (C=O) groups is 2. The first-order valence-electron chi connectivity index (χ1n) is 8.86. The predicted octanol–water partition coefficient (Wildman–Crippen LogP) is 2.27. The molecule has 27 heavy (non-hydrogen) atoms. The zero-order chi connectivity index (χ0) is 19.2. The number of aromatic hydroxyl groups is 1. The highest BCUT2D eigenvalue weighted by atomic mass is 16.6. The van der Waals surface area contributed by atoms with Crippen molar-refractivity contribution >= 4 is 17.7 Å². The van der Waals surface area contributed by atoms with Crippen LogP contribution in [0, 0.1) is 0 Å². The van der Waals surface area contributed by atoms with E-state index >= 15 is 0 Å². The van der Waals surface area contributed by atoms with Gasteiger partial charge in [0.1, 0.15) is 11.9 Å². The highest BCUT2D eigenvalue weighted by molar-refractivity contribution is 5.78. The second-order valence-corrected chi connectivity index (χ2v) is 6.42. The lowest BCUT2D eigenvalue weighted by molar-refractivity contribution is -0.133. The van der Waals surface area contributed by atoms with Gasteiger partial charge < -0.3 is 25.4 Å².